The van der Waals surface area contributed by atoms with Crippen molar-refractivity contribution in [2.24, 2.45) is 10.9 Å². The summed E-state index contributed by atoms with van der Waals surface area (Å²) in [5.41, 5.74) is 6.28. The predicted octanol–water partition coefficient (Wildman–Crippen LogP) is 0.149. The second-order valence-corrected chi connectivity index (χ2v) is 5.54. The maximum Gasteiger partial charge on any atom is 0.188 e. The highest BCUT2D eigenvalue weighted by atomic mass is 16.5. The van der Waals surface area contributed by atoms with Crippen LogP contribution in [-0.4, -0.2) is 58.4 Å². The van der Waals surface area contributed by atoms with Crippen molar-refractivity contribution in [1.29, 1.82) is 0 Å². The zero-order valence-corrected chi connectivity index (χ0v) is 12.2. The molecule has 0 amide bonds. The van der Waals surface area contributed by atoms with E-state index in [4.69, 9.17) is 15.7 Å². The van der Waals surface area contributed by atoms with Crippen molar-refractivity contribution in [3.63, 3.8) is 0 Å². The van der Waals surface area contributed by atoms with Gasteiger partial charge in [-0.1, -0.05) is 5.16 Å². The van der Waals surface area contributed by atoms with Gasteiger partial charge >= 0.3 is 0 Å². The van der Waals surface area contributed by atoms with E-state index in [1.807, 2.05) is 13.1 Å². The minimum Gasteiger partial charge on any atom is -0.409 e. The van der Waals surface area contributed by atoms with Gasteiger partial charge in [0.15, 0.2) is 5.84 Å². The number of amidine groups is 1. The zero-order valence-electron chi connectivity index (χ0n) is 12.2. The van der Waals surface area contributed by atoms with Gasteiger partial charge in [0.05, 0.1) is 5.60 Å². The minimum absolute atomic E-state index is 0.0115. The number of nitrogens with two attached hydrogens (primary N) is 1. The van der Waals surface area contributed by atoms with Crippen LogP contribution in [0, 0.1) is 0 Å². The maximum atomic E-state index is 10.5. The van der Waals surface area contributed by atoms with E-state index in [-0.39, 0.29) is 5.84 Å². The number of ether oxygens (including phenoxy) is 1. The van der Waals surface area contributed by atoms with Crippen LogP contribution in [0.2, 0.25) is 0 Å². The Hall–Kier alpha value is -1.70. The summed E-state index contributed by atoms with van der Waals surface area (Å²) in [4.78, 5) is 6.10. The molecular formula is C14H22N4O3. The first-order valence-corrected chi connectivity index (χ1v) is 6.94. The lowest BCUT2D eigenvalue weighted by molar-refractivity contribution is -0.0777. The number of oxime groups is 1. The topological polar surface area (TPSA) is 104 Å². The fraction of sp³-hybridized carbons (Fsp3) is 0.571. The molecule has 0 saturated carbocycles. The molecule has 0 radical (unpaired) electrons. The highest BCUT2D eigenvalue weighted by molar-refractivity contribution is 5.95. The third-order valence-corrected chi connectivity index (χ3v) is 3.63. The van der Waals surface area contributed by atoms with E-state index < -0.39 is 5.60 Å². The van der Waals surface area contributed by atoms with Crippen molar-refractivity contribution in [3.8, 4) is 0 Å². The molecule has 0 unspecified atom stereocenters. The molecule has 1 aliphatic heterocycles. The van der Waals surface area contributed by atoms with Gasteiger partial charge in [0, 0.05) is 45.3 Å². The van der Waals surface area contributed by atoms with Gasteiger partial charge < -0.3 is 20.8 Å². The molecule has 21 heavy (non-hydrogen) atoms. The summed E-state index contributed by atoms with van der Waals surface area (Å²) >= 11 is 0. The van der Waals surface area contributed by atoms with Crippen molar-refractivity contribution < 1.29 is 15.1 Å². The molecular weight excluding hydrogens is 272 g/mol. The molecule has 1 fully saturated rings. The van der Waals surface area contributed by atoms with Gasteiger partial charge in [0.1, 0.15) is 5.69 Å². The van der Waals surface area contributed by atoms with Crippen LogP contribution in [-0.2, 0) is 11.3 Å². The molecule has 0 atom stereocenters. The van der Waals surface area contributed by atoms with Gasteiger partial charge in [-0.05, 0) is 24.7 Å². The molecule has 4 N–H and O–H groups in total. The van der Waals surface area contributed by atoms with Gasteiger partial charge in [-0.2, -0.15) is 0 Å². The first-order chi connectivity index (χ1) is 10.0. The summed E-state index contributed by atoms with van der Waals surface area (Å²) < 4.78 is 5.28. The molecule has 2 rings (SSSR count). The highest BCUT2D eigenvalue weighted by Gasteiger charge is 2.30. The van der Waals surface area contributed by atoms with E-state index in [0.29, 0.717) is 44.8 Å². The quantitative estimate of drug-likeness (QED) is 0.309. The van der Waals surface area contributed by atoms with Crippen LogP contribution in [0.5, 0.6) is 0 Å². The Kier molecular flexibility index (Phi) is 5.11. The Bertz CT molecular complexity index is 501. The van der Waals surface area contributed by atoms with Crippen LogP contribution in [0.4, 0.5) is 0 Å². The molecule has 1 saturated heterocycles. The van der Waals surface area contributed by atoms with E-state index in [0.717, 1.165) is 5.56 Å². The second-order valence-electron chi connectivity index (χ2n) is 5.54. The number of rotatable bonds is 5. The number of aromatic nitrogens is 1. The number of pyridine rings is 1. The molecule has 0 aliphatic carbocycles. The van der Waals surface area contributed by atoms with E-state index in [2.05, 4.69) is 15.0 Å². The predicted molar refractivity (Wildman–Crippen MR) is 78.1 cm³/mol. The Morgan fingerprint density at radius 2 is 2.24 bits per heavy atom. The monoisotopic (exact) mass is 294 g/mol. The zero-order chi connectivity index (χ0) is 15.3. The van der Waals surface area contributed by atoms with Crippen LogP contribution in [0.15, 0.2) is 23.5 Å². The van der Waals surface area contributed by atoms with Gasteiger partial charge in [-0.15, -0.1) is 0 Å². The van der Waals surface area contributed by atoms with Gasteiger partial charge in [-0.3, -0.25) is 9.88 Å². The summed E-state index contributed by atoms with van der Waals surface area (Å²) in [7, 11) is 1.96. The van der Waals surface area contributed by atoms with E-state index >= 15 is 0 Å². The lowest BCUT2D eigenvalue weighted by Gasteiger charge is -2.35. The molecule has 2 heterocycles. The SMILES string of the molecule is CN(Cc1ccnc(/C(N)=N/O)c1)CC1(O)CCOCC1. The van der Waals surface area contributed by atoms with E-state index in [1.165, 1.54) is 0 Å². The van der Waals surface area contributed by atoms with E-state index in [1.54, 1.807) is 12.3 Å². The Morgan fingerprint density at radius 1 is 1.52 bits per heavy atom. The van der Waals surface area contributed by atoms with Crippen LogP contribution < -0.4 is 5.73 Å². The molecule has 0 spiro atoms. The lowest BCUT2D eigenvalue weighted by Crippen LogP contribution is -2.45. The van der Waals surface area contributed by atoms with Crippen molar-refractivity contribution >= 4 is 5.84 Å². The van der Waals surface area contributed by atoms with Gasteiger partial charge in [-0.25, -0.2) is 0 Å². The van der Waals surface area contributed by atoms with E-state index in [9.17, 15) is 5.11 Å². The lowest BCUT2D eigenvalue weighted by atomic mass is 9.94. The second kappa shape index (κ2) is 6.84. The third kappa shape index (κ3) is 4.38. The summed E-state index contributed by atoms with van der Waals surface area (Å²) in [6.07, 6.45) is 2.94. The molecule has 116 valence electrons. The molecule has 0 aromatic carbocycles. The summed E-state index contributed by atoms with van der Waals surface area (Å²) in [6, 6.07) is 3.65. The number of hydrogen-bond donors (Lipinski definition) is 3. The smallest absolute Gasteiger partial charge is 0.188 e. The van der Waals surface area contributed by atoms with Crippen molar-refractivity contribution in [3.05, 3.63) is 29.6 Å². The van der Waals surface area contributed by atoms with Crippen molar-refractivity contribution in [2.75, 3.05) is 26.8 Å². The summed E-state index contributed by atoms with van der Waals surface area (Å²) in [5.74, 6) is -0.0115. The number of nitrogens with zero attached hydrogens (tertiary/aromatic N) is 3. The first kappa shape index (κ1) is 15.7. The number of aliphatic hydroxyl groups is 1. The Morgan fingerprint density at radius 3 is 2.90 bits per heavy atom. The average Bonchev–Trinajstić information content (AvgIpc) is 2.46. The molecule has 7 nitrogen and oxygen atoms in total. The first-order valence-electron chi connectivity index (χ1n) is 6.94. The standard InChI is InChI=1S/C14H22N4O3/c1-18(10-14(19)3-6-21-7-4-14)9-11-2-5-16-12(8-11)13(15)17-20/h2,5,8,19-20H,3-4,6-7,9-10H2,1H3,(H2,15,17). The third-order valence-electron chi connectivity index (χ3n) is 3.63. The van der Waals surface area contributed by atoms with Crippen molar-refractivity contribution in [2.45, 2.75) is 25.0 Å². The normalized spacial score (nSPS) is 18.9. The van der Waals surface area contributed by atoms with Gasteiger partial charge in [0.25, 0.3) is 0 Å². The minimum atomic E-state index is -0.686. The Labute approximate surface area is 124 Å². The number of likely N-dealkylation sites (N-methyl/N-ethyl adjacent to an activating group) is 1. The fourth-order valence-electron chi connectivity index (χ4n) is 2.54. The van der Waals surface area contributed by atoms with Crippen LogP contribution in [0.1, 0.15) is 24.1 Å². The largest absolute Gasteiger partial charge is 0.409 e. The average molecular weight is 294 g/mol. The van der Waals surface area contributed by atoms with Crippen LogP contribution in [0.3, 0.4) is 0 Å². The summed E-state index contributed by atoms with van der Waals surface area (Å²) in [6.45, 7) is 2.44. The van der Waals surface area contributed by atoms with Crippen LogP contribution in [0.25, 0.3) is 0 Å². The summed E-state index contributed by atoms with van der Waals surface area (Å²) in [5, 5.41) is 22.1. The number of hydrogen-bond acceptors (Lipinski definition) is 6. The van der Waals surface area contributed by atoms with Crippen molar-refractivity contribution in [1.82, 2.24) is 9.88 Å². The van der Waals surface area contributed by atoms with Gasteiger partial charge in [0.2, 0.25) is 0 Å². The molecule has 1 aromatic rings. The fourth-order valence-corrected chi connectivity index (χ4v) is 2.54. The highest BCUT2D eigenvalue weighted by Crippen LogP contribution is 2.21. The molecule has 7 heteroatoms. The molecule has 1 aromatic heterocycles. The molecule has 1 aliphatic rings. The molecule has 0 bridgehead atoms. The maximum absolute atomic E-state index is 10.5. The Balaban J connectivity index is 1.97. The van der Waals surface area contributed by atoms with Crippen LogP contribution >= 0.6 is 0 Å².